The first kappa shape index (κ1) is 20.8. The number of benzene rings is 2. The number of Topliss-reactive ketones (excluding diaryl/α,β-unsaturated/α-hetero) is 1. The summed E-state index contributed by atoms with van der Waals surface area (Å²) >= 11 is 1.31. The van der Waals surface area contributed by atoms with Crippen LogP contribution in [0, 0.1) is 6.92 Å². The smallest absolute Gasteiger partial charge is 0.214 e. The first-order chi connectivity index (χ1) is 14.0. The van der Waals surface area contributed by atoms with Gasteiger partial charge in [0.05, 0.1) is 13.2 Å². The number of hydrogen-bond acceptors (Lipinski definition) is 8. The van der Waals surface area contributed by atoms with Crippen molar-refractivity contribution in [2.75, 3.05) is 19.5 Å². The van der Waals surface area contributed by atoms with Crippen LogP contribution in [-0.4, -0.2) is 56.7 Å². The molecule has 0 aliphatic heterocycles. The minimum absolute atomic E-state index is 0.0371. The maximum Gasteiger partial charge on any atom is 0.214 e. The average molecular weight is 414 g/mol. The van der Waals surface area contributed by atoms with Crippen molar-refractivity contribution >= 4 is 17.5 Å². The summed E-state index contributed by atoms with van der Waals surface area (Å²) < 4.78 is 12.6. The molecular formula is C20H22N4O4S. The number of nitrogens with zero attached hydrogens (tertiary/aromatic N) is 4. The summed E-state index contributed by atoms with van der Waals surface area (Å²) in [7, 11) is 1.59. The Bertz CT molecular complexity index is 992. The molecule has 9 heteroatoms. The molecule has 0 bridgehead atoms. The van der Waals surface area contributed by atoms with Gasteiger partial charge in [0.2, 0.25) is 5.16 Å². The fraction of sp³-hybridized carbons (Fsp3) is 0.300. The second kappa shape index (κ2) is 9.53. The lowest BCUT2D eigenvalue weighted by Gasteiger charge is -2.13. The zero-order valence-corrected chi connectivity index (χ0v) is 17.2. The normalized spacial score (nSPS) is 11.9. The van der Waals surface area contributed by atoms with Crippen LogP contribution in [0.2, 0.25) is 0 Å². The lowest BCUT2D eigenvalue weighted by Crippen LogP contribution is -2.20. The second-order valence-corrected chi connectivity index (χ2v) is 7.40. The van der Waals surface area contributed by atoms with E-state index in [0.717, 1.165) is 11.3 Å². The minimum atomic E-state index is -0.745. The van der Waals surface area contributed by atoms with E-state index in [2.05, 4.69) is 15.5 Å². The van der Waals surface area contributed by atoms with Gasteiger partial charge in [0, 0.05) is 11.3 Å². The Labute approximate surface area is 172 Å². The van der Waals surface area contributed by atoms with Crippen LogP contribution in [-0.2, 0) is 0 Å². The highest BCUT2D eigenvalue weighted by Crippen LogP contribution is 2.27. The van der Waals surface area contributed by atoms with E-state index in [1.165, 1.54) is 18.7 Å². The number of carbonyl (C=O) groups is 1. The van der Waals surface area contributed by atoms with Crippen LogP contribution < -0.4 is 9.47 Å². The molecule has 3 rings (SSSR count). The van der Waals surface area contributed by atoms with Crippen molar-refractivity contribution in [1.82, 2.24) is 20.2 Å². The van der Waals surface area contributed by atoms with Crippen molar-refractivity contribution < 1.29 is 19.4 Å². The van der Waals surface area contributed by atoms with E-state index in [1.807, 2.05) is 25.1 Å². The molecule has 152 valence electrons. The summed E-state index contributed by atoms with van der Waals surface area (Å²) in [5.74, 6) is 1.49. The second-order valence-electron chi connectivity index (χ2n) is 6.41. The third kappa shape index (κ3) is 5.33. The predicted octanol–water partition coefficient (Wildman–Crippen LogP) is 2.71. The lowest BCUT2D eigenvalue weighted by atomic mass is 10.1. The Balaban J connectivity index is 1.61. The highest BCUT2D eigenvalue weighted by atomic mass is 32.2. The molecule has 0 fully saturated rings. The van der Waals surface area contributed by atoms with Crippen molar-refractivity contribution in [1.29, 1.82) is 0 Å². The van der Waals surface area contributed by atoms with Gasteiger partial charge in [-0.05, 0) is 54.1 Å². The van der Waals surface area contributed by atoms with Crippen LogP contribution in [0.15, 0.2) is 47.6 Å². The molecule has 1 atom stereocenters. The van der Waals surface area contributed by atoms with Crippen LogP contribution in [0.1, 0.15) is 22.8 Å². The maximum atomic E-state index is 11.4. The number of hydrogen-bond donors (Lipinski definition) is 1. The number of tetrazole rings is 1. The summed E-state index contributed by atoms with van der Waals surface area (Å²) in [6.07, 6.45) is -0.745. The number of aliphatic hydroxyl groups excluding tert-OH is 1. The van der Waals surface area contributed by atoms with Gasteiger partial charge in [-0.1, -0.05) is 30.0 Å². The molecule has 8 nitrogen and oxygen atoms in total. The summed E-state index contributed by atoms with van der Waals surface area (Å²) in [5.41, 5.74) is 2.35. The van der Waals surface area contributed by atoms with E-state index in [0.29, 0.717) is 28.0 Å². The van der Waals surface area contributed by atoms with Gasteiger partial charge in [-0.15, -0.1) is 5.10 Å². The molecule has 0 saturated carbocycles. The number of ether oxygens (including phenoxy) is 2. The van der Waals surface area contributed by atoms with E-state index < -0.39 is 6.10 Å². The van der Waals surface area contributed by atoms with Gasteiger partial charge in [-0.2, -0.15) is 4.68 Å². The molecular weight excluding hydrogens is 392 g/mol. The largest absolute Gasteiger partial charge is 0.494 e. The molecule has 2 aromatic carbocycles. The zero-order chi connectivity index (χ0) is 20.8. The van der Waals surface area contributed by atoms with E-state index in [1.54, 1.807) is 36.1 Å². The number of aromatic nitrogens is 4. The van der Waals surface area contributed by atoms with Crippen LogP contribution in [0.5, 0.6) is 11.5 Å². The third-order valence-corrected chi connectivity index (χ3v) is 5.16. The van der Waals surface area contributed by atoms with Crippen LogP contribution in [0.25, 0.3) is 5.69 Å². The van der Waals surface area contributed by atoms with Crippen molar-refractivity contribution in [3.63, 3.8) is 0 Å². The number of aryl methyl sites for hydroxylation is 1. The Morgan fingerprint density at radius 1 is 1.28 bits per heavy atom. The summed E-state index contributed by atoms with van der Waals surface area (Å²) in [4.78, 5) is 11.4. The molecule has 29 heavy (non-hydrogen) atoms. The van der Waals surface area contributed by atoms with E-state index in [9.17, 15) is 9.90 Å². The third-order valence-electron chi connectivity index (χ3n) is 4.09. The number of methoxy groups -OCH3 is 1. The number of carbonyl (C=O) groups excluding carboxylic acids is 1. The zero-order valence-electron chi connectivity index (χ0n) is 16.4. The average Bonchev–Trinajstić information content (AvgIpc) is 3.19. The fourth-order valence-corrected chi connectivity index (χ4v) is 3.39. The van der Waals surface area contributed by atoms with Crippen molar-refractivity contribution in [3.05, 3.63) is 53.6 Å². The quantitative estimate of drug-likeness (QED) is 0.421. The van der Waals surface area contributed by atoms with Gasteiger partial charge < -0.3 is 14.6 Å². The molecule has 1 aromatic heterocycles. The van der Waals surface area contributed by atoms with E-state index >= 15 is 0 Å². The first-order valence-electron chi connectivity index (χ1n) is 8.96. The monoisotopic (exact) mass is 414 g/mol. The highest BCUT2D eigenvalue weighted by Gasteiger charge is 2.16. The Hall–Kier alpha value is -2.91. The number of rotatable bonds is 9. The molecule has 0 unspecified atom stereocenters. The van der Waals surface area contributed by atoms with Gasteiger partial charge in [-0.25, -0.2) is 0 Å². The summed E-state index contributed by atoms with van der Waals surface area (Å²) in [6, 6.07) is 12.6. The molecule has 1 heterocycles. The molecule has 3 aromatic rings. The van der Waals surface area contributed by atoms with Gasteiger partial charge >= 0.3 is 0 Å². The minimum Gasteiger partial charge on any atom is -0.494 e. The molecule has 1 N–H and O–H groups in total. The molecule has 0 saturated heterocycles. The lowest BCUT2D eigenvalue weighted by molar-refractivity contribution is 0.101. The van der Waals surface area contributed by atoms with Crippen molar-refractivity contribution in [2.45, 2.75) is 25.1 Å². The summed E-state index contributed by atoms with van der Waals surface area (Å²) in [5, 5.41) is 22.6. The molecule has 0 aliphatic carbocycles. The van der Waals surface area contributed by atoms with Gasteiger partial charge in [-0.3, -0.25) is 4.79 Å². The molecule has 0 spiro atoms. The topological polar surface area (TPSA) is 99.4 Å². The van der Waals surface area contributed by atoms with Crippen LogP contribution in [0.3, 0.4) is 0 Å². The molecule has 0 aliphatic rings. The van der Waals surface area contributed by atoms with Gasteiger partial charge in [0.15, 0.2) is 5.78 Å². The van der Waals surface area contributed by atoms with Crippen molar-refractivity contribution in [2.24, 2.45) is 0 Å². The Morgan fingerprint density at radius 2 is 2.10 bits per heavy atom. The number of ketones is 1. The standard InChI is InChI=1S/C20H22N4O4S/c1-13-7-8-19(27-3)18(9-13)24-20(21-22-23-24)29-12-16(26)11-28-17-6-4-5-15(10-17)14(2)25/h4-10,16,26H,11-12H2,1-3H3/t16-/m0/s1. The van der Waals surface area contributed by atoms with E-state index in [-0.39, 0.29) is 12.4 Å². The van der Waals surface area contributed by atoms with E-state index in [4.69, 9.17) is 9.47 Å². The highest BCUT2D eigenvalue weighted by molar-refractivity contribution is 7.99. The maximum absolute atomic E-state index is 11.4. The molecule has 0 amide bonds. The van der Waals surface area contributed by atoms with Crippen molar-refractivity contribution in [3.8, 4) is 17.2 Å². The van der Waals surface area contributed by atoms with Gasteiger partial charge in [0.25, 0.3) is 0 Å². The fourth-order valence-electron chi connectivity index (χ4n) is 2.60. The number of aliphatic hydroxyl groups is 1. The first-order valence-corrected chi connectivity index (χ1v) is 9.94. The predicted molar refractivity (Wildman–Crippen MR) is 109 cm³/mol. The molecule has 0 radical (unpaired) electrons. The number of thioether (sulfide) groups is 1. The summed E-state index contributed by atoms with van der Waals surface area (Å²) in [6.45, 7) is 3.56. The van der Waals surface area contributed by atoms with Crippen LogP contribution >= 0.6 is 11.8 Å². The SMILES string of the molecule is COc1ccc(C)cc1-n1nnnc1SC[C@@H](O)COc1cccc(C(C)=O)c1. The Kier molecular flexibility index (Phi) is 6.84. The van der Waals surface area contributed by atoms with Crippen LogP contribution in [0.4, 0.5) is 0 Å². The van der Waals surface area contributed by atoms with Gasteiger partial charge in [0.1, 0.15) is 23.8 Å². The Morgan fingerprint density at radius 3 is 2.86 bits per heavy atom.